The highest BCUT2D eigenvalue weighted by molar-refractivity contribution is 5.94. The molecule has 0 aliphatic heterocycles. The molecule has 0 spiro atoms. The Labute approximate surface area is 144 Å². The van der Waals surface area contributed by atoms with Gasteiger partial charge in [-0.25, -0.2) is 9.97 Å². The molecule has 0 aromatic carbocycles. The summed E-state index contributed by atoms with van der Waals surface area (Å²) in [5, 5.41) is 2.82. The monoisotopic (exact) mass is 345 g/mol. The number of halogens is 1. The molecule has 1 aliphatic carbocycles. The van der Waals surface area contributed by atoms with Crippen molar-refractivity contribution in [1.82, 2.24) is 20.3 Å². The molecule has 25 heavy (non-hydrogen) atoms. The number of H-pyrrole nitrogens is 1. The van der Waals surface area contributed by atoms with E-state index in [0.717, 1.165) is 24.7 Å². The Balaban J connectivity index is 1.61. The molecule has 7 nitrogen and oxygen atoms in total. The summed E-state index contributed by atoms with van der Waals surface area (Å²) in [5.74, 6) is -0.0600. The Morgan fingerprint density at radius 3 is 2.80 bits per heavy atom. The predicted octanol–water partition coefficient (Wildman–Crippen LogP) is 1.44. The van der Waals surface area contributed by atoms with E-state index in [0.29, 0.717) is 23.8 Å². The van der Waals surface area contributed by atoms with Gasteiger partial charge < -0.3 is 15.2 Å². The van der Waals surface area contributed by atoms with E-state index < -0.39 is 5.95 Å². The van der Waals surface area contributed by atoms with Gasteiger partial charge in [-0.05, 0) is 31.7 Å². The van der Waals surface area contributed by atoms with E-state index >= 15 is 0 Å². The minimum atomic E-state index is -0.640. The largest absolute Gasteiger partial charge is 0.354 e. The number of rotatable bonds is 6. The van der Waals surface area contributed by atoms with Gasteiger partial charge in [-0.3, -0.25) is 9.59 Å². The highest BCUT2D eigenvalue weighted by Gasteiger charge is 2.25. The van der Waals surface area contributed by atoms with Crippen LogP contribution in [0.1, 0.15) is 41.7 Å². The van der Waals surface area contributed by atoms with Crippen LogP contribution in [-0.2, 0) is 0 Å². The molecule has 0 saturated heterocycles. The van der Waals surface area contributed by atoms with Gasteiger partial charge in [-0.15, -0.1) is 0 Å². The highest BCUT2D eigenvalue weighted by atomic mass is 19.1. The van der Waals surface area contributed by atoms with Crippen LogP contribution in [0.2, 0.25) is 0 Å². The van der Waals surface area contributed by atoms with Gasteiger partial charge in [-0.2, -0.15) is 4.39 Å². The molecule has 0 radical (unpaired) electrons. The molecule has 3 rings (SSSR count). The summed E-state index contributed by atoms with van der Waals surface area (Å²) >= 11 is 0. The number of hydrogen-bond donors (Lipinski definition) is 2. The predicted molar refractivity (Wildman–Crippen MR) is 91.2 cm³/mol. The zero-order chi connectivity index (χ0) is 18.0. The smallest absolute Gasteiger partial charge is 0.251 e. The molecule has 1 aliphatic rings. The lowest BCUT2D eigenvalue weighted by Crippen LogP contribution is -2.40. The maximum Gasteiger partial charge on any atom is 0.251 e. The molecule has 0 bridgehead atoms. The van der Waals surface area contributed by atoms with Crippen molar-refractivity contribution < 1.29 is 9.18 Å². The molecule has 2 aromatic rings. The number of nitrogens with zero attached hydrogens (tertiary/aromatic N) is 3. The first-order chi connectivity index (χ1) is 11.9. The van der Waals surface area contributed by atoms with Gasteiger partial charge in [0.1, 0.15) is 5.82 Å². The van der Waals surface area contributed by atoms with Gasteiger partial charge >= 0.3 is 0 Å². The number of likely N-dealkylation sites (N-methyl/N-ethyl adjacent to an activating group) is 1. The summed E-state index contributed by atoms with van der Waals surface area (Å²) < 4.78 is 12.8. The first kappa shape index (κ1) is 17.1. The molecule has 8 heteroatoms. The first-order valence-corrected chi connectivity index (χ1v) is 8.17. The van der Waals surface area contributed by atoms with Crippen molar-refractivity contribution in [2.45, 2.75) is 31.7 Å². The number of nitrogens with one attached hydrogen (secondary N) is 2. The Bertz CT molecular complexity index is 817. The van der Waals surface area contributed by atoms with Crippen LogP contribution in [0.15, 0.2) is 29.3 Å². The van der Waals surface area contributed by atoms with E-state index in [4.69, 9.17) is 0 Å². The van der Waals surface area contributed by atoms with Crippen LogP contribution in [0.25, 0.3) is 0 Å². The second-order valence-electron chi connectivity index (χ2n) is 6.33. The summed E-state index contributed by atoms with van der Waals surface area (Å²) in [7, 11) is 1.79. The maximum atomic E-state index is 12.8. The van der Waals surface area contributed by atoms with Crippen molar-refractivity contribution >= 4 is 11.7 Å². The first-order valence-electron chi connectivity index (χ1n) is 8.17. The number of aromatic nitrogens is 3. The number of anilines is 1. The Morgan fingerprint density at radius 2 is 2.16 bits per heavy atom. The summed E-state index contributed by atoms with van der Waals surface area (Å²) in [6.07, 6.45) is 4.47. The minimum Gasteiger partial charge on any atom is -0.354 e. The van der Waals surface area contributed by atoms with E-state index in [2.05, 4.69) is 20.3 Å². The van der Waals surface area contributed by atoms with Crippen LogP contribution in [0.3, 0.4) is 0 Å². The fraction of sp³-hybridized carbons (Fsp3) is 0.412. The lowest BCUT2D eigenvalue weighted by atomic mass is 10.1. The van der Waals surface area contributed by atoms with Crippen LogP contribution in [-0.4, -0.2) is 40.5 Å². The fourth-order valence-corrected chi connectivity index (χ4v) is 2.50. The maximum absolute atomic E-state index is 12.8. The molecule has 132 valence electrons. The van der Waals surface area contributed by atoms with Crippen LogP contribution in [0, 0.1) is 5.95 Å². The van der Waals surface area contributed by atoms with Crippen molar-refractivity contribution in [2.24, 2.45) is 0 Å². The molecule has 2 heterocycles. The summed E-state index contributed by atoms with van der Waals surface area (Å²) in [4.78, 5) is 36.2. The Morgan fingerprint density at radius 1 is 1.40 bits per heavy atom. The zero-order valence-electron chi connectivity index (χ0n) is 14.1. The van der Waals surface area contributed by atoms with Gasteiger partial charge in [-0.1, -0.05) is 0 Å². The third-order valence-electron chi connectivity index (χ3n) is 4.33. The average Bonchev–Trinajstić information content (AvgIpc) is 3.44. The number of hydrogen-bond acceptors (Lipinski definition) is 5. The molecule has 1 atom stereocenters. The summed E-state index contributed by atoms with van der Waals surface area (Å²) in [6, 6.07) is 2.96. The SMILES string of the molecule is CC(CNC(=O)c1cc(C2CC2)[nH]c(=O)c1)N(C)c1cnc(F)cn1. The molecular weight excluding hydrogens is 325 g/mol. The molecular formula is C17H20FN5O2. The van der Waals surface area contributed by atoms with Crippen LogP contribution in [0.5, 0.6) is 0 Å². The molecule has 1 saturated carbocycles. The molecule has 1 unspecified atom stereocenters. The average molecular weight is 345 g/mol. The summed E-state index contributed by atoms with van der Waals surface area (Å²) in [5.41, 5.74) is 0.924. The van der Waals surface area contributed by atoms with Crippen molar-refractivity contribution in [2.75, 3.05) is 18.5 Å². The van der Waals surface area contributed by atoms with E-state index in [1.165, 1.54) is 12.3 Å². The van der Waals surface area contributed by atoms with Crippen molar-refractivity contribution in [3.05, 3.63) is 52.1 Å². The fourth-order valence-electron chi connectivity index (χ4n) is 2.50. The number of pyridine rings is 1. The second-order valence-corrected chi connectivity index (χ2v) is 6.33. The van der Waals surface area contributed by atoms with Crippen LogP contribution in [0.4, 0.5) is 10.2 Å². The number of carbonyl (C=O) groups is 1. The van der Waals surface area contributed by atoms with Gasteiger partial charge in [0.05, 0.1) is 12.4 Å². The van der Waals surface area contributed by atoms with Crippen molar-refractivity contribution in [1.29, 1.82) is 0 Å². The van der Waals surface area contributed by atoms with Crippen molar-refractivity contribution in [3.63, 3.8) is 0 Å². The molecule has 2 N–H and O–H groups in total. The third kappa shape index (κ3) is 4.20. The van der Waals surface area contributed by atoms with E-state index in [1.807, 2.05) is 6.92 Å². The lowest BCUT2D eigenvalue weighted by molar-refractivity contribution is 0.0951. The molecule has 1 amide bonds. The summed E-state index contributed by atoms with van der Waals surface area (Å²) in [6.45, 7) is 2.25. The second kappa shape index (κ2) is 7.00. The van der Waals surface area contributed by atoms with Gasteiger partial charge in [0.15, 0.2) is 0 Å². The normalized spacial score (nSPS) is 14.8. The Kier molecular flexibility index (Phi) is 4.78. The van der Waals surface area contributed by atoms with Crippen molar-refractivity contribution in [3.8, 4) is 0 Å². The van der Waals surface area contributed by atoms with Crippen LogP contribution >= 0.6 is 0 Å². The number of carbonyl (C=O) groups excluding carboxylic acids is 1. The van der Waals surface area contributed by atoms with Gasteiger partial charge in [0.25, 0.3) is 5.91 Å². The number of amides is 1. The minimum absolute atomic E-state index is 0.0892. The zero-order valence-corrected chi connectivity index (χ0v) is 14.1. The topological polar surface area (TPSA) is 91.0 Å². The quantitative estimate of drug-likeness (QED) is 0.827. The number of aromatic amines is 1. The molecule has 2 aromatic heterocycles. The molecule has 1 fully saturated rings. The van der Waals surface area contributed by atoms with Crippen LogP contribution < -0.4 is 15.8 Å². The highest BCUT2D eigenvalue weighted by Crippen LogP contribution is 2.38. The standard InChI is InChI=1S/C17H20FN5O2/c1-10(23(2)15-9-19-14(18)8-20-15)7-21-17(25)12-5-13(11-3-4-11)22-16(24)6-12/h5-6,8-11H,3-4,7H2,1-2H3,(H,21,25)(H,22,24). The van der Waals surface area contributed by atoms with E-state index in [9.17, 15) is 14.0 Å². The van der Waals surface area contributed by atoms with E-state index in [1.54, 1.807) is 18.0 Å². The van der Waals surface area contributed by atoms with E-state index in [-0.39, 0.29) is 17.5 Å². The van der Waals surface area contributed by atoms with Gasteiger partial charge in [0.2, 0.25) is 11.5 Å². The third-order valence-corrected chi connectivity index (χ3v) is 4.33. The van der Waals surface area contributed by atoms with Gasteiger partial charge in [0, 0.05) is 37.0 Å². The lowest BCUT2D eigenvalue weighted by Gasteiger charge is -2.25. The Hall–Kier alpha value is -2.77.